The van der Waals surface area contributed by atoms with Crippen molar-refractivity contribution >= 4 is 17.8 Å². The zero-order valence-electron chi connectivity index (χ0n) is 18.4. The van der Waals surface area contributed by atoms with Gasteiger partial charge < -0.3 is 19.7 Å². The van der Waals surface area contributed by atoms with E-state index in [1.807, 2.05) is 60.7 Å². The molecule has 4 rings (SSSR count). The second kappa shape index (κ2) is 10.4. The van der Waals surface area contributed by atoms with Crippen molar-refractivity contribution in [2.24, 2.45) is 0 Å². The molecule has 0 radical (unpaired) electrons. The van der Waals surface area contributed by atoms with Crippen molar-refractivity contribution in [3.63, 3.8) is 0 Å². The summed E-state index contributed by atoms with van der Waals surface area (Å²) >= 11 is 0. The molecular formula is C26H28N2O5. The summed E-state index contributed by atoms with van der Waals surface area (Å²) in [7, 11) is 0. The van der Waals surface area contributed by atoms with Crippen molar-refractivity contribution in [2.75, 3.05) is 13.2 Å². The fourth-order valence-corrected chi connectivity index (χ4v) is 4.22. The fraction of sp³-hybridized carbons (Fsp3) is 0.346. The molecule has 0 spiro atoms. The van der Waals surface area contributed by atoms with Crippen molar-refractivity contribution in [1.82, 2.24) is 10.2 Å². The predicted molar refractivity (Wildman–Crippen MR) is 122 cm³/mol. The Hall–Kier alpha value is -3.45. The highest BCUT2D eigenvalue weighted by Gasteiger charge is 2.47. The van der Waals surface area contributed by atoms with Gasteiger partial charge in [0.1, 0.15) is 24.8 Å². The third-order valence-corrected chi connectivity index (χ3v) is 5.93. The van der Waals surface area contributed by atoms with Crippen LogP contribution in [0.25, 0.3) is 0 Å². The van der Waals surface area contributed by atoms with Crippen LogP contribution in [0.4, 0.5) is 0 Å². The maximum absolute atomic E-state index is 13.5. The largest absolute Gasteiger partial charge is 0.460 e. The zero-order valence-corrected chi connectivity index (χ0v) is 18.4. The zero-order chi connectivity index (χ0) is 23.2. The Balaban J connectivity index is 1.47. The van der Waals surface area contributed by atoms with E-state index in [0.717, 1.165) is 11.1 Å². The molecule has 2 amide bonds. The molecule has 1 N–H and O–H groups in total. The third-order valence-electron chi connectivity index (χ3n) is 5.93. The minimum absolute atomic E-state index is 0.0986. The van der Waals surface area contributed by atoms with E-state index in [-0.39, 0.29) is 24.5 Å². The van der Waals surface area contributed by atoms with Gasteiger partial charge in [-0.05, 0) is 24.0 Å². The Kier molecular flexibility index (Phi) is 7.19. The van der Waals surface area contributed by atoms with Crippen LogP contribution >= 0.6 is 0 Å². The molecule has 4 atom stereocenters. The Labute approximate surface area is 193 Å². The lowest BCUT2D eigenvalue weighted by atomic mass is 10.0. The van der Waals surface area contributed by atoms with Gasteiger partial charge in [0.2, 0.25) is 5.91 Å². The molecule has 2 aromatic rings. The van der Waals surface area contributed by atoms with Gasteiger partial charge in [0.05, 0.1) is 0 Å². The summed E-state index contributed by atoms with van der Waals surface area (Å²) in [4.78, 5) is 40.5. The quantitative estimate of drug-likeness (QED) is 0.362. The third kappa shape index (κ3) is 5.49. The molecule has 0 aliphatic carbocycles. The van der Waals surface area contributed by atoms with Crippen molar-refractivity contribution < 1.29 is 23.9 Å². The molecule has 2 fully saturated rings. The summed E-state index contributed by atoms with van der Waals surface area (Å²) in [6, 6.07) is 17.5. The van der Waals surface area contributed by atoms with E-state index >= 15 is 0 Å². The number of nitrogens with zero attached hydrogens (tertiary/aromatic N) is 1. The lowest BCUT2D eigenvalue weighted by Crippen LogP contribution is -2.53. The number of hydrogen-bond acceptors (Lipinski definition) is 5. The van der Waals surface area contributed by atoms with Crippen molar-refractivity contribution in [1.29, 1.82) is 0 Å². The fourth-order valence-electron chi connectivity index (χ4n) is 4.22. The molecule has 2 heterocycles. The van der Waals surface area contributed by atoms with Crippen molar-refractivity contribution in [2.45, 2.75) is 43.6 Å². The number of likely N-dealkylation sites (tertiary alicyclic amines) is 1. The summed E-state index contributed by atoms with van der Waals surface area (Å²) in [5.74, 6) is -1.06. The van der Waals surface area contributed by atoms with Gasteiger partial charge in [0, 0.05) is 13.0 Å². The number of epoxide rings is 1. The van der Waals surface area contributed by atoms with Crippen LogP contribution < -0.4 is 5.32 Å². The van der Waals surface area contributed by atoms with Crippen LogP contribution in [-0.4, -0.2) is 54.0 Å². The predicted octanol–water partition coefficient (Wildman–Crippen LogP) is 2.57. The number of hydrogen-bond donors (Lipinski definition) is 1. The minimum atomic E-state index is -0.812. The highest BCUT2D eigenvalue weighted by atomic mass is 16.6. The van der Waals surface area contributed by atoms with Crippen molar-refractivity contribution in [3.8, 4) is 0 Å². The van der Waals surface area contributed by atoms with E-state index in [2.05, 4.69) is 11.9 Å². The minimum Gasteiger partial charge on any atom is -0.460 e. The van der Waals surface area contributed by atoms with Gasteiger partial charge in [-0.3, -0.25) is 9.59 Å². The Morgan fingerprint density at radius 3 is 2.52 bits per heavy atom. The van der Waals surface area contributed by atoms with Crippen LogP contribution in [0.3, 0.4) is 0 Å². The summed E-state index contributed by atoms with van der Waals surface area (Å²) in [5.41, 5.74) is 1.84. The van der Waals surface area contributed by atoms with Crippen LogP contribution in [0.2, 0.25) is 0 Å². The highest BCUT2D eigenvalue weighted by molar-refractivity contribution is 5.93. The van der Waals surface area contributed by atoms with Gasteiger partial charge in [-0.2, -0.15) is 0 Å². The molecule has 172 valence electrons. The molecule has 0 unspecified atom stereocenters. The highest BCUT2D eigenvalue weighted by Crippen LogP contribution is 2.38. The number of benzene rings is 2. The second-order valence-electron chi connectivity index (χ2n) is 8.25. The van der Waals surface area contributed by atoms with Gasteiger partial charge in [-0.25, -0.2) is 4.79 Å². The van der Waals surface area contributed by atoms with Crippen molar-refractivity contribution in [3.05, 3.63) is 84.4 Å². The molecule has 7 heteroatoms. The van der Waals surface area contributed by atoms with E-state index in [1.165, 1.54) is 11.0 Å². The van der Waals surface area contributed by atoms with E-state index in [9.17, 15) is 14.4 Å². The maximum atomic E-state index is 13.5. The molecule has 2 aromatic carbocycles. The molecule has 7 nitrogen and oxygen atoms in total. The Morgan fingerprint density at radius 1 is 1.12 bits per heavy atom. The monoisotopic (exact) mass is 448 g/mol. The van der Waals surface area contributed by atoms with Gasteiger partial charge in [0.25, 0.3) is 5.91 Å². The van der Waals surface area contributed by atoms with E-state index < -0.39 is 24.2 Å². The first kappa shape index (κ1) is 22.7. The number of carbonyl (C=O) groups is 3. The smallest absolute Gasteiger partial charge is 0.329 e. The van der Waals surface area contributed by atoms with Gasteiger partial charge >= 0.3 is 5.97 Å². The first-order valence-corrected chi connectivity index (χ1v) is 11.2. The molecule has 2 saturated heterocycles. The van der Waals surface area contributed by atoms with Crippen LogP contribution in [0.1, 0.15) is 30.1 Å². The summed E-state index contributed by atoms with van der Waals surface area (Å²) in [6.45, 7) is 4.10. The average molecular weight is 449 g/mol. The SMILES string of the molecule is C=CCOC(=O)[C@@H]1CCCN1C(=O)[C@@H](Cc1ccccc1)NC(=O)[C@@H]1O[C@H]1c1ccccc1. The Morgan fingerprint density at radius 2 is 1.82 bits per heavy atom. The topological polar surface area (TPSA) is 88.2 Å². The maximum Gasteiger partial charge on any atom is 0.329 e. The summed E-state index contributed by atoms with van der Waals surface area (Å²) in [5, 5.41) is 2.88. The van der Waals surface area contributed by atoms with Crippen LogP contribution in [0.5, 0.6) is 0 Å². The van der Waals surface area contributed by atoms with E-state index in [1.54, 1.807) is 0 Å². The van der Waals surface area contributed by atoms with Crippen LogP contribution in [0, 0.1) is 0 Å². The lowest BCUT2D eigenvalue weighted by molar-refractivity contribution is -0.153. The molecule has 0 saturated carbocycles. The number of esters is 1. The first-order valence-electron chi connectivity index (χ1n) is 11.2. The number of carbonyl (C=O) groups excluding carboxylic acids is 3. The van der Waals surface area contributed by atoms with Gasteiger partial charge in [0.15, 0.2) is 6.10 Å². The lowest BCUT2D eigenvalue weighted by Gasteiger charge is -2.28. The molecular weight excluding hydrogens is 420 g/mol. The molecule has 33 heavy (non-hydrogen) atoms. The normalized spacial score (nSPS) is 22.3. The van der Waals surface area contributed by atoms with E-state index in [0.29, 0.717) is 25.8 Å². The number of nitrogens with one attached hydrogen (secondary N) is 1. The molecule has 0 bridgehead atoms. The molecule has 2 aliphatic heterocycles. The van der Waals surface area contributed by atoms with E-state index in [4.69, 9.17) is 9.47 Å². The first-order chi connectivity index (χ1) is 16.1. The Bertz CT molecular complexity index is 994. The van der Waals surface area contributed by atoms with Crippen LogP contribution in [-0.2, 0) is 30.3 Å². The summed E-state index contributed by atoms with van der Waals surface area (Å²) < 4.78 is 10.8. The second-order valence-corrected chi connectivity index (χ2v) is 8.25. The molecule has 2 aliphatic rings. The number of amides is 2. The molecule has 0 aromatic heterocycles. The average Bonchev–Trinajstić information content (AvgIpc) is 3.51. The van der Waals surface area contributed by atoms with Gasteiger partial charge in [-0.15, -0.1) is 0 Å². The standard InChI is InChI=1S/C26H28N2O5/c1-2-16-32-26(31)21-14-9-15-28(21)25(30)20(17-18-10-5-3-6-11-18)27-24(29)23-22(33-23)19-12-7-4-8-13-19/h2-8,10-13,20-23H,1,9,14-17H2,(H,27,29)/t20-,21+,22+,23-/m1/s1. The number of rotatable bonds is 9. The van der Waals surface area contributed by atoms with Gasteiger partial charge in [-0.1, -0.05) is 73.3 Å². The number of ether oxygens (including phenoxy) is 2. The van der Waals surface area contributed by atoms with Crippen LogP contribution in [0.15, 0.2) is 73.3 Å². The summed E-state index contributed by atoms with van der Waals surface area (Å²) in [6.07, 6.45) is 2.11.